The summed E-state index contributed by atoms with van der Waals surface area (Å²) in [6, 6.07) is 11.5. The molecule has 2 saturated heterocycles. The van der Waals surface area contributed by atoms with E-state index in [1.165, 1.54) is 0 Å². The average Bonchev–Trinajstić information content (AvgIpc) is 3.05. The minimum absolute atomic E-state index is 0.0805. The van der Waals surface area contributed by atoms with Gasteiger partial charge in [0.05, 0.1) is 39.4 Å². The SMILES string of the molecule is C=CC1CCC(C(O)c2ccnc3ccc(OC)cc23)[N+]2(Cc3cc(OC)c(OC)cc3N=O)CCC2C1. The molecule has 8 heteroatoms. The first kappa shape index (κ1) is 26.1. The van der Waals surface area contributed by atoms with Gasteiger partial charge in [-0.25, -0.2) is 0 Å². The van der Waals surface area contributed by atoms with E-state index in [0.717, 1.165) is 60.0 Å². The summed E-state index contributed by atoms with van der Waals surface area (Å²) in [6.45, 7) is 5.58. The van der Waals surface area contributed by atoms with Crippen molar-refractivity contribution in [3.63, 3.8) is 0 Å². The third-order valence-electron chi connectivity index (χ3n) is 8.82. The molecule has 2 fully saturated rings. The van der Waals surface area contributed by atoms with E-state index in [9.17, 15) is 10.0 Å². The number of methoxy groups -OCH3 is 3. The van der Waals surface area contributed by atoms with Crippen LogP contribution in [0.5, 0.6) is 17.2 Å². The Morgan fingerprint density at radius 1 is 1.11 bits per heavy atom. The van der Waals surface area contributed by atoms with Crippen molar-refractivity contribution < 1.29 is 23.8 Å². The average molecular weight is 519 g/mol. The minimum Gasteiger partial charge on any atom is -0.497 e. The Hall–Kier alpha value is -3.49. The van der Waals surface area contributed by atoms with E-state index in [1.54, 1.807) is 33.6 Å². The first-order valence-corrected chi connectivity index (χ1v) is 13.2. The maximum Gasteiger partial charge on any atom is 0.163 e. The van der Waals surface area contributed by atoms with E-state index in [0.29, 0.717) is 40.2 Å². The smallest absolute Gasteiger partial charge is 0.163 e. The Bertz CT molecular complexity index is 1340. The molecular weight excluding hydrogens is 482 g/mol. The lowest BCUT2D eigenvalue weighted by atomic mass is 9.85. The quantitative estimate of drug-likeness (QED) is 0.218. The van der Waals surface area contributed by atoms with Gasteiger partial charge in [-0.1, -0.05) is 6.08 Å². The van der Waals surface area contributed by atoms with Gasteiger partial charge in [-0.05, 0) is 53.4 Å². The number of hydrogen-bond acceptors (Lipinski definition) is 7. The maximum atomic E-state index is 12.1. The summed E-state index contributed by atoms with van der Waals surface area (Å²) in [5, 5.41) is 16.4. The monoisotopic (exact) mass is 518 g/mol. The number of allylic oxidation sites excluding steroid dienone is 1. The molecule has 5 unspecified atom stereocenters. The van der Waals surface area contributed by atoms with Gasteiger partial charge >= 0.3 is 0 Å². The van der Waals surface area contributed by atoms with Gasteiger partial charge < -0.3 is 23.8 Å². The molecule has 8 nitrogen and oxygen atoms in total. The molecule has 3 heterocycles. The number of ether oxygens (including phenoxy) is 3. The topological polar surface area (TPSA) is 90.2 Å². The van der Waals surface area contributed by atoms with Gasteiger partial charge in [-0.15, -0.1) is 11.5 Å². The molecule has 0 amide bonds. The van der Waals surface area contributed by atoms with E-state index < -0.39 is 6.10 Å². The molecule has 5 atom stereocenters. The fourth-order valence-electron chi connectivity index (χ4n) is 6.67. The lowest BCUT2D eigenvalue weighted by molar-refractivity contribution is -1.02. The molecule has 0 bridgehead atoms. The number of aliphatic hydroxyl groups excluding tert-OH is 1. The molecule has 1 N–H and O–H groups in total. The second-order valence-electron chi connectivity index (χ2n) is 10.5. The fourth-order valence-corrected chi connectivity index (χ4v) is 6.67. The second-order valence-corrected chi connectivity index (χ2v) is 10.5. The van der Waals surface area contributed by atoms with Gasteiger partial charge in [-0.3, -0.25) is 4.98 Å². The summed E-state index contributed by atoms with van der Waals surface area (Å²) < 4.78 is 17.1. The van der Waals surface area contributed by atoms with Crippen LogP contribution in [0.1, 0.15) is 42.9 Å². The first-order valence-electron chi connectivity index (χ1n) is 13.2. The third kappa shape index (κ3) is 4.41. The van der Waals surface area contributed by atoms with Crippen LogP contribution in [0.2, 0.25) is 0 Å². The zero-order chi connectivity index (χ0) is 26.9. The predicted molar refractivity (Wildman–Crippen MR) is 147 cm³/mol. The van der Waals surface area contributed by atoms with E-state index >= 15 is 0 Å². The summed E-state index contributed by atoms with van der Waals surface area (Å²) in [5.41, 5.74) is 2.81. The summed E-state index contributed by atoms with van der Waals surface area (Å²) in [7, 11) is 4.77. The first-order chi connectivity index (χ1) is 18.5. The number of pyridine rings is 1. The van der Waals surface area contributed by atoms with Crippen LogP contribution in [0.15, 0.2) is 60.4 Å². The van der Waals surface area contributed by atoms with Gasteiger partial charge in [0.1, 0.15) is 30.1 Å². The normalized spacial score (nSPS) is 25.4. The van der Waals surface area contributed by atoms with Crippen molar-refractivity contribution in [1.82, 2.24) is 4.98 Å². The van der Waals surface area contributed by atoms with Crippen molar-refractivity contribution in [1.29, 1.82) is 0 Å². The van der Waals surface area contributed by atoms with Gasteiger partial charge in [0.15, 0.2) is 11.5 Å². The highest BCUT2D eigenvalue weighted by atomic mass is 16.5. The highest BCUT2D eigenvalue weighted by molar-refractivity contribution is 5.83. The molecule has 0 radical (unpaired) electrons. The van der Waals surface area contributed by atoms with Gasteiger partial charge in [0.25, 0.3) is 0 Å². The number of nitrogens with zero attached hydrogens (tertiary/aromatic N) is 3. The zero-order valence-corrected chi connectivity index (χ0v) is 22.3. The number of fused-ring (bicyclic) bond motifs is 2. The van der Waals surface area contributed by atoms with E-state index in [-0.39, 0.29) is 6.04 Å². The van der Waals surface area contributed by atoms with Crippen LogP contribution in [0.4, 0.5) is 5.69 Å². The molecule has 38 heavy (non-hydrogen) atoms. The van der Waals surface area contributed by atoms with Crippen molar-refractivity contribution in [3.05, 3.63) is 71.3 Å². The van der Waals surface area contributed by atoms with Gasteiger partial charge in [0.2, 0.25) is 0 Å². The summed E-state index contributed by atoms with van der Waals surface area (Å²) in [6.07, 6.45) is 6.95. The van der Waals surface area contributed by atoms with Crippen LogP contribution in [-0.4, -0.2) is 54.5 Å². The Kier molecular flexibility index (Phi) is 7.36. The lowest BCUT2D eigenvalue weighted by Gasteiger charge is -2.57. The zero-order valence-electron chi connectivity index (χ0n) is 22.3. The number of hydrogen-bond donors (Lipinski definition) is 1. The molecule has 1 aromatic heterocycles. The van der Waals surface area contributed by atoms with Gasteiger partial charge in [-0.2, -0.15) is 0 Å². The Morgan fingerprint density at radius 3 is 2.55 bits per heavy atom. The van der Waals surface area contributed by atoms with Crippen LogP contribution < -0.4 is 14.2 Å². The van der Waals surface area contributed by atoms with E-state index in [1.807, 2.05) is 30.3 Å². The lowest BCUT2D eigenvalue weighted by Crippen LogP contribution is -2.69. The second kappa shape index (κ2) is 10.7. The summed E-state index contributed by atoms with van der Waals surface area (Å²) >= 11 is 0. The summed E-state index contributed by atoms with van der Waals surface area (Å²) in [4.78, 5) is 16.4. The minimum atomic E-state index is -0.730. The Labute approximate surface area is 223 Å². The molecule has 2 aliphatic heterocycles. The molecule has 2 aromatic carbocycles. The van der Waals surface area contributed by atoms with Crippen LogP contribution in [0.25, 0.3) is 10.9 Å². The molecule has 200 valence electrons. The van der Waals surface area contributed by atoms with Crippen molar-refractivity contribution in [2.24, 2.45) is 11.1 Å². The predicted octanol–water partition coefficient (Wildman–Crippen LogP) is 5.84. The molecule has 3 aromatic rings. The molecule has 0 spiro atoms. The molecule has 0 aliphatic carbocycles. The molecular formula is C30H36N3O5+. The third-order valence-corrected chi connectivity index (χ3v) is 8.82. The maximum absolute atomic E-state index is 12.1. The molecule has 5 rings (SSSR count). The Morgan fingerprint density at radius 2 is 1.89 bits per heavy atom. The molecule has 0 saturated carbocycles. The van der Waals surface area contributed by atoms with Crippen LogP contribution in [0, 0.1) is 10.8 Å². The highest BCUT2D eigenvalue weighted by Crippen LogP contribution is 2.49. The largest absolute Gasteiger partial charge is 0.497 e. The fraction of sp³-hybridized carbons (Fsp3) is 0.433. The van der Waals surface area contributed by atoms with Crippen LogP contribution in [-0.2, 0) is 6.54 Å². The van der Waals surface area contributed by atoms with Crippen LogP contribution >= 0.6 is 0 Å². The number of aliphatic hydroxyl groups is 1. The van der Waals surface area contributed by atoms with E-state index in [2.05, 4.69) is 22.8 Å². The van der Waals surface area contributed by atoms with Crippen LogP contribution in [0.3, 0.4) is 0 Å². The number of aromatic nitrogens is 1. The van der Waals surface area contributed by atoms with Crippen molar-refractivity contribution in [2.45, 2.75) is 50.4 Å². The number of benzene rings is 2. The number of nitroso groups, excluding NO2 is 1. The highest BCUT2D eigenvalue weighted by Gasteiger charge is 2.56. The van der Waals surface area contributed by atoms with Crippen molar-refractivity contribution in [3.8, 4) is 17.2 Å². The van der Waals surface area contributed by atoms with Gasteiger partial charge in [0, 0.05) is 42.5 Å². The summed E-state index contributed by atoms with van der Waals surface area (Å²) in [5.74, 6) is 2.15. The number of rotatable bonds is 9. The van der Waals surface area contributed by atoms with Crippen molar-refractivity contribution >= 4 is 16.6 Å². The van der Waals surface area contributed by atoms with Crippen molar-refractivity contribution in [2.75, 3.05) is 27.9 Å². The standard InChI is InChI=1S/C30H36N3O5/c1-5-19-6-9-27(30(34)23-10-12-31-25-8-7-22(36-2)16-24(23)25)33(13-11-21(33)14-19)18-20-15-28(37-3)29(38-4)17-26(20)32-35/h5,7-8,10,12,15-17,19,21,27,30,34H,1,6,9,11,13-14,18H2,2-4H3/q+1. The Balaban J connectivity index is 1.61. The van der Waals surface area contributed by atoms with E-state index in [4.69, 9.17) is 14.2 Å². The number of quaternary nitrogens is 1. The molecule has 2 aliphatic rings.